The van der Waals surface area contributed by atoms with Crippen molar-refractivity contribution in [1.82, 2.24) is 14.7 Å². The maximum absolute atomic E-state index is 12.3. The van der Waals surface area contributed by atoms with E-state index in [9.17, 15) is 4.79 Å². The van der Waals surface area contributed by atoms with Crippen molar-refractivity contribution in [3.05, 3.63) is 46.8 Å². The number of benzene rings is 1. The maximum Gasteiger partial charge on any atom is 0.238 e. The monoisotopic (exact) mass is 354 g/mol. The minimum atomic E-state index is 0.0743. The first-order valence-corrected chi connectivity index (χ1v) is 9.51. The second-order valence-electron chi connectivity index (χ2n) is 7.68. The van der Waals surface area contributed by atoms with Gasteiger partial charge in [-0.15, -0.1) is 0 Å². The number of hydrogen-bond acceptors (Lipinski definition) is 3. The number of likely N-dealkylation sites (tertiary alicyclic amines) is 1. The Kier molecular flexibility index (Phi) is 5.77. The number of rotatable bonds is 5. The molecule has 140 valence electrons. The molecule has 1 aromatic carbocycles. The summed E-state index contributed by atoms with van der Waals surface area (Å²) in [6.07, 6.45) is 2.24. The molecule has 0 unspecified atom stereocenters. The van der Waals surface area contributed by atoms with Gasteiger partial charge in [0.15, 0.2) is 0 Å². The molecule has 1 aliphatic rings. The van der Waals surface area contributed by atoms with Crippen molar-refractivity contribution in [2.24, 2.45) is 5.92 Å². The molecule has 0 aliphatic carbocycles. The third-order valence-corrected chi connectivity index (χ3v) is 5.40. The van der Waals surface area contributed by atoms with Crippen LogP contribution in [0.25, 0.3) is 0 Å². The lowest BCUT2D eigenvalue weighted by molar-refractivity contribution is -0.117. The van der Waals surface area contributed by atoms with Crippen LogP contribution in [0.2, 0.25) is 0 Å². The summed E-state index contributed by atoms with van der Waals surface area (Å²) in [5.41, 5.74) is 5.65. The second-order valence-corrected chi connectivity index (χ2v) is 7.68. The van der Waals surface area contributed by atoms with Crippen molar-refractivity contribution >= 4 is 11.6 Å². The Bertz CT molecular complexity index is 772. The smallest absolute Gasteiger partial charge is 0.238 e. The van der Waals surface area contributed by atoms with Gasteiger partial charge in [0.2, 0.25) is 5.91 Å². The van der Waals surface area contributed by atoms with E-state index in [2.05, 4.69) is 52.9 Å². The van der Waals surface area contributed by atoms with Crippen molar-refractivity contribution in [3.8, 4) is 0 Å². The van der Waals surface area contributed by atoms with Gasteiger partial charge in [-0.3, -0.25) is 14.4 Å². The first kappa shape index (κ1) is 18.6. The average molecular weight is 354 g/mol. The molecule has 5 nitrogen and oxygen atoms in total. The molecular formula is C21H30N4O. The highest BCUT2D eigenvalue weighted by Crippen LogP contribution is 2.20. The van der Waals surface area contributed by atoms with Gasteiger partial charge in [-0.2, -0.15) is 5.10 Å². The minimum Gasteiger partial charge on any atom is -0.325 e. The first-order valence-electron chi connectivity index (χ1n) is 9.51. The molecule has 0 spiro atoms. The van der Waals surface area contributed by atoms with E-state index in [-0.39, 0.29) is 5.91 Å². The van der Waals surface area contributed by atoms with E-state index in [0.29, 0.717) is 12.5 Å². The zero-order valence-corrected chi connectivity index (χ0v) is 16.4. The quantitative estimate of drug-likeness (QED) is 0.894. The number of piperidine rings is 1. The predicted octanol–water partition coefficient (Wildman–Crippen LogP) is 3.47. The molecule has 0 saturated carbocycles. The van der Waals surface area contributed by atoms with Gasteiger partial charge in [0.05, 0.1) is 12.2 Å². The summed E-state index contributed by atoms with van der Waals surface area (Å²) in [6, 6.07) is 8.19. The van der Waals surface area contributed by atoms with Crippen molar-refractivity contribution in [1.29, 1.82) is 0 Å². The van der Waals surface area contributed by atoms with Gasteiger partial charge in [0, 0.05) is 17.9 Å². The first-order chi connectivity index (χ1) is 12.4. The van der Waals surface area contributed by atoms with Crippen LogP contribution >= 0.6 is 0 Å². The highest BCUT2D eigenvalue weighted by molar-refractivity contribution is 5.92. The Balaban J connectivity index is 1.45. The third-order valence-electron chi connectivity index (χ3n) is 5.40. The van der Waals surface area contributed by atoms with Gasteiger partial charge in [-0.05, 0) is 88.9 Å². The van der Waals surface area contributed by atoms with E-state index in [1.54, 1.807) is 0 Å². The van der Waals surface area contributed by atoms with Gasteiger partial charge in [-0.25, -0.2) is 0 Å². The number of carbonyl (C=O) groups is 1. The van der Waals surface area contributed by atoms with Gasteiger partial charge >= 0.3 is 0 Å². The van der Waals surface area contributed by atoms with Gasteiger partial charge < -0.3 is 5.32 Å². The molecule has 1 aliphatic heterocycles. The number of nitrogens with one attached hydrogen (secondary N) is 1. The molecular weight excluding hydrogens is 324 g/mol. The van der Waals surface area contributed by atoms with Crippen LogP contribution in [0, 0.1) is 33.6 Å². The van der Waals surface area contributed by atoms with Crippen LogP contribution in [0.1, 0.15) is 35.4 Å². The van der Waals surface area contributed by atoms with Crippen LogP contribution in [-0.2, 0) is 11.3 Å². The number of carbonyl (C=O) groups excluding carboxylic acids is 1. The molecule has 5 heteroatoms. The summed E-state index contributed by atoms with van der Waals surface area (Å²) in [4.78, 5) is 14.6. The summed E-state index contributed by atoms with van der Waals surface area (Å²) in [7, 11) is 0. The molecule has 0 radical (unpaired) electrons. The molecule has 0 bridgehead atoms. The number of hydrogen-bond donors (Lipinski definition) is 1. The molecule has 26 heavy (non-hydrogen) atoms. The Morgan fingerprint density at radius 2 is 1.85 bits per heavy atom. The van der Waals surface area contributed by atoms with Crippen molar-refractivity contribution in [2.75, 3.05) is 25.0 Å². The van der Waals surface area contributed by atoms with Crippen molar-refractivity contribution in [3.63, 3.8) is 0 Å². The van der Waals surface area contributed by atoms with E-state index in [0.717, 1.165) is 43.9 Å². The standard InChI is InChI=1S/C21H30N4O/c1-15-5-6-20(11-16(15)2)22-21(26)14-24-9-7-19(8-10-24)13-25-18(4)12-17(3)23-25/h5-6,11-12,19H,7-10,13-14H2,1-4H3,(H,22,26). The van der Waals surface area contributed by atoms with Crippen LogP contribution in [-0.4, -0.2) is 40.2 Å². The Hall–Kier alpha value is -2.14. The van der Waals surface area contributed by atoms with E-state index < -0.39 is 0 Å². The molecule has 1 aromatic heterocycles. The molecule has 1 saturated heterocycles. The molecule has 1 fully saturated rings. The lowest BCUT2D eigenvalue weighted by Crippen LogP contribution is -2.40. The van der Waals surface area contributed by atoms with Crippen LogP contribution in [0.3, 0.4) is 0 Å². The van der Waals surface area contributed by atoms with E-state index in [1.807, 2.05) is 19.1 Å². The van der Waals surface area contributed by atoms with Crippen molar-refractivity contribution < 1.29 is 4.79 Å². The summed E-state index contributed by atoms with van der Waals surface area (Å²) in [5, 5.41) is 7.59. The fourth-order valence-electron chi connectivity index (χ4n) is 3.65. The van der Waals surface area contributed by atoms with Crippen LogP contribution in [0.5, 0.6) is 0 Å². The normalized spacial score (nSPS) is 16.0. The van der Waals surface area contributed by atoms with Crippen LogP contribution in [0.4, 0.5) is 5.69 Å². The minimum absolute atomic E-state index is 0.0743. The molecule has 1 N–H and O–H groups in total. The zero-order chi connectivity index (χ0) is 18.7. The maximum atomic E-state index is 12.3. The molecule has 1 amide bonds. The predicted molar refractivity (Wildman–Crippen MR) is 105 cm³/mol. The average Bonchev–Trinajstić information content (AvgIpc) is 2.90. The number of nitrogens with zero attached hydrogens (tertiary/aromatic N) is 3. The van der Waals surface area contributed by atoms with Crippen molar-refractivity contribution in [2.45, 2.75) is 47.1 Å². The largest absolute Gasteiger partial charge is 0.325 e. The molecule has 3 rings (SSSR count). The SMILES string of the molecule is Cc1cc(C)n(CC2CCN(CC(=O)Nc3ccc(C)c(C)c3)CC2)n1. The molecule has 2 aromatic rings. The summed E-state index contributed by atoms with van der Waals surface area (Å²) in [6.45, 7) is 11.7. The Morgan fingerprint density at radius 1 is 1.12 bits per heavy atom. The third kappa shape index (κ3) is 4.73. The Morgan fingerprint density at radius 3 is 2.46 bits per heavy atom. The van der Waals surface area contributed by atoms with E-state index >= 15 is 0 Å². The fraction of sp³-hybridized carbons (Fsp3) is 0.524. The van der Waals surface area contributed by atoms with Gasteiger partial charge in [0.1, 0.15) is 0 Å². The molecule has 0 atom stereocenters. The second kappa shape index (κ2) is 8.04. The fourth-order valence-corrected chi connectivity index (χ4v) is 3.65. The van der Waals surface area contributed by atoms with Gasteiger partial charge in [-0.1, -0.05) is 6.07 Å². The summed E-state index contributed by atoms with van der Waals surface area (Å²) in [5.74, 6) is 0.720. The Labute approximate surface area is 156 Å². The van der Waals surface area contributed by atoms with Crippen LogP contribution in [0.15, 0.2) is 24.3 Å². The van der Waals surface area contributed by atoms with Gasteiger partial charge in [0.25, 0.3) is 0 Å². The number of aromatic nitrogens is 2. The molecule has 2 heterocycles. The summed E-state index contributed by atoms with van der Waals surface area (Å²) < 4.78 is 2.13. The van der Waals surface area contributed by atoms with E-state index in [1.165, 1.54) is 16.8 Å². The van der Waals surface area contributed by atoms with Crippen LogP contribution < -0.4 is 5.32 Å². The zero-order valence-electron chi connectivity index (χ0n) is 16.4. The van der Waals surface area contributed by atoms with E-state index in [4.69, 9.17) is 0 Å². The lowest BCUT2D eigenvalue weighted by atomic mass is 9.97. The number of anilines is 1. The summed E-state index contributed by atoms with van der Waals surface area (Å²) >= 11 is 0. The lowest BCUT2D eigenvalue weighted by Gasteiger charge is -2.31. The number of aryl methyl sites for hydroxylation is 4. The number of amides is 1. The highest BCUT2D eigenvalue weighted by Gasteiger charge is 2.22. The highest BCUT2D eigenvalue weighted by atomic mass is 16.2. The topological polar surface area (TPSA) is 50.2 Å².